The molecule has 0 aliphatic carbocycles. The molecule has 1 fully saturated rings. The average Bonchev–Trinajstić information content (AvgIpc) is 2.58. The van der Waals surface area contributed by atoms with Gasteiger partial charge >= 0.3 is 11.9 Å². The van der Waals surface area contributed by atoms with Gasteiger partial charge in [0.25, 0.3) is 0 Å². The summed E-state index contributed by atoms with van der Waals surface area (Å²) in [6, 6.07) is 8.95. The van der Waals surface area contributed by atoms with Gasteiger partial charge in [-0.3, -0.25) is 10.2 Å². The summed E-state index contributed by atoms with van der Waals surface area (Å²) < 4.78 is 0. The number of nitrogens with one attached hydrogen (secondary N) is 2. The predicted octanol–water partition coefficient (Wildman–Crippen LogP) is 0.0425. The first-order valence-corrected chi connectivity index (χ1v) is 4.17. The molecule has 0 radical (unpaired) electrons. The van der Waals surface area contributed by atoms with Crippen molar-refractivity contribution in [2.24, 2.45) is 5.10 Å². The topological polar surface area (TPSA) is 79.8 Å². The van der Waals surface area contributed by atoms with E-state index in [0.717, 1.165) is 0 Å². The summed E-state index contributed by atoms with van der Waals surface area (Å²) in [6.07, 6.45) is 0. The van der Waals surface area contributed by atoms with Crippen LogP contribution in [-0.4, -0.2) is 17.6 Å². The number of benzene rings is 1. The smallest absolute Gasteiger partial charge is 0.333 e. The van der Waals surface area contributed by atoms with Crippen LogP contribution in [0.2, 0.25) is 0 Å². The molecule has 1 heterocycles. The first-order chi connectivity index (χ1) is 7.27. The number of nitrogens with zero attached hydrogens (tertiary/aromatic N) is 1. The zero-order valence-corrected chi connectivity index (χ0v) is 7.56. The molecule has 76 valence electrons. The average molecular weight is 205 g/mol. The SMILES string of the molecule is O=C1NOC(=O)/C1=N\Nc1ccccc1. The van der Waals surface area contributed by atoms with E-state index in [9.17, 15) is 9.59 Å². The van der Waals surface area contributed by atoms with Gasteiger partial charge in [0, 0.05) is 0 Å². The Balaban J connectivity index is 2.12. The molecule has 0 spiro atoms. The number of carbonyl (C=O) groups is 2. The molecular formula is C9H7N3O3. The van der Waals surface area contributed by atoms with E-state index in [1.54, 1.807) is 24.3 Å². The summed E-state index contributed by atoms with van der Waals surface area (Å²) in [5.74, 6) is -1.44. The van der Waals surface area contributed by atoms with Gasteiger partial charge in [-0.15, -0.1) is 0 Å². The Hall–Kier alpha value is -2.37. The van der Waals surface area contributed by atoms with Crippen molar-refractivity contribution >= 4 is 23.3 Å². The molecule has 1 aliphatic heterocycles. The van der Waals surface area contributed by atoms with Crippen LogP contribution in [0.3, 0.4) is 0 Å². The molecule has 6 heteroatoms. The molecule has 0 aromatic heterocycles. The zero-order chi connectivity index (χ0) is 10.7. The summed E-state index contributed by atoms with van der Waals surface area (Å²) in [6.45, 7) is 0. The molecule has 0 saturated carbocycles. The van der Waals surface area contributed by atoms with Crippen molar-refractivity contribution < 1.29 is 14.4 Å². The third kappa shape index (κ3) is 1.93. The van der Waals surface area contributed by atoms with Gasteiger partial charge < -0.3 is 4.84 Å². The number of hydrogen-bond donors (Lipinski definition) is 2. The Morgan fingerprint density at radius 3 is 2.53 bits per heavy atom. The normalized spacial score (nSPS) is 17.5. The number of carbonyl (C=O) groups excluding carboxylic acids is 2. The minimum atomic E-state index is -0.788. The maximum Gasteiger partial charge on any atom is 0.388 e. The summed E-state index contributed by atoms with van der Waals surface area (Å²) in [4.78, 5) is 26.2. The highest BCUT2D eigenvalue weighted by atomic mass is 16.7. The number of rotatable bonds is 2. The molecule has 2 rings (SSSR count). The fraction of sp³-hybridized carbons (Fsp3) is 0. The third-order valence-corrected chi connectivity index (χ3v) is 1.72. The molecule has 0 bridgehead atoms. The lowest BCUT2D eigenvalue weighted by atomic mass is 10.3. The van der Waals surface area contributed by atoms with E-state index in [1.165, 1.54) is 0 Å². The highest BCUT2D eigenvalue weighted by Gasteiger charge is 2.30. The molecule has 1 aromatic carbocycles. The van der Waals surface area contributed by atoms with E-state index in [0.29, 0.717) is 5.69 Å². The van der Waals surface area contributed by atoms with Crippen LogP contribution in [0.5, 0.6) is 0 Å². The number of anilines is 1. The summed E-state index contributed by atoms with van der Waals surface area (Å²) >= 11 is 0. The van der Waals surface area contributed by atoms with Gasteiger partial charge in [-0.2, -0.15) is 10.6 Å². The molecule has 6 nitrogen and oxygen atoms in total. The molecule has 15 heavy (non-hydrogen) atoms. The predicted molar refractivity (Wildman–Crippen MR) is 51.7 cm³/mol. The number of hydrogen-bond acceptors (Lipinski definition) is 5. The van der Waals surface area contributed by atoms with E-state index >= 15 is 0 Å². The van der Waals surface area contributed by atoms with E-state index < -0.39 is 11.9 Å². The van der Waals surface area contributed by atoms with E-state index in [2.05, 4.69) is 15.4 Å². The Morgan fingerprint density at radius 1 is 1.20 bits per heavy atom. The second kappa shape index (κ2) is 3.79. The number of hydrazone groups is 1. The Bertz CT molecular complexity index is 409. The Morgan fingerprint density at radius 2 is 1.93 bits per heavy atom. The van der Waals surface area contributed by atoms with Crippen molar-refractivity contribution in [3.05, 3.63) is 30.3 Å². The van der Waals surface area contributed by atoms with Crippen LogP contribution in [0, 0.1) is 0 Å². The van der Waals surface area contributed by atoms with Crippen LogP contribution in [0.15, 0.2) is 35.4 Å². The Labute approximate surface area is 84.9 Å². The summed E-state index contributed by atoms with van der Waals surface area (Å²) in [7, 11) is 0. The zero-order valence-electron chi connectivity index (χ0n) is 7.56. The Kier molecular flexibility index (Phi) is 2.32. The summed E-state index contributed by atoms with van der Waals surface area (Å²) in [5.41, 5.74) is 4.86. The van der Waals surface area contributed by atoms with Crippen LogP contribution in [0.1, 0.15) is 0 Å². The van der Waals surface area contributed by atoms with Gasteiger partial charge in [-0.25, -0.2) is 4.79 Å². The highest BCUT2D eigenvalue weighted by molar-refractivity contribution is 6.65. The number of para-hydroxylation sites is 1. The van der Waals surface area contributed by atoms with Gasteiger partial charge in [-0.05, 0) is 12.1 Å². The van der Waals surface area contributed by atoms with Crippen molar-refractivity contribution in [3.8, 4) is 0 Å². The first-order valence-electron chi connectivity index (χ1n) is 4.17. The van der Waals surface area contributed by atoms with Gasteiger partial charge in [0.1, 0.15) is 0 Å². The lowest BCUT2D eigenvalue weighted by Crippen LogP contribution is -2.20. The summed E-state index contributed by atoms with van der Waals surface area (Å²) in [5, 5.41) is 3.64. The fourth-order valence-electron chi connectivity index (χ4n) is 1.01. The third-order valence-electron chi connectivity index (χ3n) is 1.72. The fourth-order valence-corrected chi connectivity index (χ4v) is 1.01. The van der Waals surface area contributed by atoms with Crippen LogP contribution in [0.25, 0.3) is 0 Å². The van der Waals surface area contributed by atoms with Crippen LogP contribution in [-0.2, 0) is 14.4 Å². The monoisotopic (exact) mass is 205 g/mol. The first kappa shape index (κ1) is 9.20. The highest BCUT2D eigenvalue weighted by Crippen LogP contribution is 2.05. The maximum atomic E-state index is 11.0. The lowest BCUT2D eigenvalue weighted by Gasteiger charge is -1.97. The van der Waals surface area contributed by atoms with E-state index in [-0.39, 0.29) is 5.71 Å². The molecule has 1 saturated heterocycles. The molecule has 1 amide bonds. The van der Waals surface area contributed by atoms with Crippen LogP contribution in [0.4, 0.5) is 5.69 Å². The van der Waals surface area contributed by atoms with Crippen molar-refractivity contribution in [1.82, 2.24) is 5.48 Å². The second-order valence-electron chi connectivity index (χ2n) is 2.76. The van der Waals surface area contributed by atoms with E-state index in [1.807, 2.05) is 11.5 Å². The minimum Gasteiger partial charge on any atom is -0.333 e. The van der Waals surface area contributed by atoms with Crippen molar-refractivity contribution in [3.63, 3.8) is 0 Å². The van der Waals surface area contributed by atoms with Gasteiger partial charge in [-0.1, -0.05) is 18.2 Å². The largest absolute Gasteiger partial charge is 0.388 e. The number of amides is 1. The minimum absolute atomic E-state index is 0.293. The standard InChI is InChI=1S/C9H7N3O3/c13-8-7(9(14)15-12-8)11-10-6-4-2-1-3-5-6/h1-5,10H,(H,12,13)/b11-7-. The van der Waals surface area contributed by atoms with Crippen LogP contribution >= 0.6 is 0 Å². The second-order valence-corrected chi connectivity index (χ2v) is 2.76. The molecule has 1 aliphatic rings. The lowest BCUT2D eigenvalue weighted by molar-refractivity contribution is -0.142. The quantitative estimate of drug-likeness (QED) is 0.668. The van der Waals surface area contributed by atoms with Gasteiger partial charge in [0.05, 0.1) is 5.69 Å². The molecule has 2 N–H and O–H groups in total. The molecule has 0 atom stereocenters. The maximum absolute atomic E-state index is 11.0. The molecule has 1 aromatic rings. The van der Waals surface area contributed by atoms with Crippen molar-refractivity contribution in [2.45, 2.75) is 0 Å². The van der Waals surface area contributed by atoms with E-state index in [4.69, 9.17) is 0 Å². The van der Waals surface area contributed by atoms with Crippen molar-refractivity contribution in [2.75, 3.05) is 5.43 Å². The van der Waals surface area contributed by atoms with Crippen LogP contribution < -0.4 is 10.9 Å². The molecular weight excluding hydrogens is 198 g/mol. The van der Waals surface area contributed by atoms with Gasteiger partial charge in [0.15, 0.2) is 0 Å². The van der Waals surface area contributed by atoms with Crippen molar-refractivity contribution in [1.29, 1.82) is 0 Å². The number of hydroxylamine groups is 1. The molecule has 0 unspecified atom stereocenters. The van der Waals surface area contributed by atoms with Gasteiger partial charge in [0.2, 0.25) is 5.71 Å².